The van der Waals surface area contributed by atoms with E-state index in [1.54, 1.807) is 11.9 Å². The van der Waals surface area contributed by atoms with Gasteiger partial charge in [0, 0.05) is 25.6 Å². The molecule has 1 aliphatic rings. The Kier molecular flexibility index (Phi) is 5.49. The topological polar surface area (TPSA) is 103 Å². The Morgan fingerprint density at radius 1 is 1.50 bits per heavy atom. The molecule has 0 unspecified atom stereocenters. The van der Waals surface area contributed by atoms with E-state index in [-0.39, 0.29) is 12.6 Å². The van der Waals surface area contributed by atoms with Gasteiger partial charge in [0.05, 0.1) is 19.2 Å². The van der Waals surface area contributed by atoms with Crippen molar-refractivity contribution in [1.82, 2.24) is 19.9 Å². The molecule has 0 saturated carbocycles. The number of aliphatic hydroxyl groups is 1. The third kappa shape index (κ3) is 4.49. The molecule has 0 bridgehead atoms. The van der Waals surface area contributed by atoms with E-state index in [2.05, 4.69) is 24.0 Å². The van der Waals surface area contributed by atoms with Gasteiger partial charge in [-0.2, -0.15) is 4.98 Å². The van der Waals surface area contributed by atoms with Crippen molar-refractivity contribution in [2.45, 2.75) is 39.0 Å². The van der Waals surface area contributed by atoms with Crippen LogP contribution in [0.3, 0.4) is 0 Å². The molecule has 124 valence electrons. The fraction of sp³-hybridized carbons (Fsp3) is 0.786. The van der Waals surface area contributed by atoms with E-state index in [0.29, 0.717) is 37.3 Å². The second-order valence-corrected chi connectivity index (χ2v) is 6.34. The van der Waals surface area contributed by atoms with Gasteiger partial charge in [-0.05, 0) is 13.0 Å². The van der Waals surface area contributed by atoms with Crippen molar-refractivity contribution in [2.75, 3.05) is 26.7 Å². The Morgan fingerprint density at radius 3 is 2.86 bits per heavy atom. The Balaban J connectivity index is 1.89. The molecule has 1 aliphatic heterocycles. The van der Waals surface area contributed by atoms with Gasteiger partial charge in [-0.15, -0.1) is 0 Å². The summed E-state index contributed by atoms with van der Waals surface area (Å²) in [6.45, 7) is 5.64. The number of carboxylic acid groups (broad SMARTS) is 1. The molecule has 2 rings (SSSR count). The lowest BCUT2D eigenvalue weighted by molar-refractivity contribution is -0.138. The number of aliphatic hydroxyl groups excluding tert-OH is 1. The summed E-state index contributed by atoms with van der Waals surface area (Å²) in [7, 11) is 1.71. The highest BCUT2D eigenvalue weighted by atomic mass is 16.5. The number of hydrogen-bond donors (Lipinski definition) is 2. The van der Waals surface area contributed by atoms with Gasteiger partial charge in [0.1, 0.15) is 0 Å². The molecule has 1 aromatic rings. The fourth-order valence-electron chi connectivity index (χ4n) is 2.73. The zero-order valence-corrected chi connectivity index (χ0v) is 13.3. The average molecular weight is 312 g/mol. The van der Waals surface area contributed by atoms with Crippen molar-refractivity contribution in [3.05, 3.63) is 11.7 Å². The lowest BCUT2D eigenvalue weighted by atomic mass is 10.1. The maximum Gasteiger partial charge on any atom is 0.317 e. The number of β-amino-alcohol motifs (C(OH)–C–C–N with tert-alkyl or cyclic N) is 1. The fourth-order valence-corrected chi connectivity index (χ4v) is 2.73. The summed E-state index contributed by atoms with van der Waals surface area (Å²) in [4.78, 5) is 18.8. The number of hydrogen-bond acceptors (Lipinski definition) is 7. The van der Waals surface area contributed by atoms with Gasteiger partial charge in [0.15, 0.2) is 5.82 Å². The van der Waals surface area contributed by atoms with Crippen LogP contribution in [0.15, 0.2) is 4.52 Å². The molecule has 0 aromatic carbocycles. The van der Waals surface area contributed by atoms with E-state index < -0.39 is 12.1 Å². The maximum absolute atomic E-state index is 10.8. The molecular formula is C14H24N4O4. The molecular weight excluding hydrogens is 288 g/mol. The molecule has 1 saturated heterocycles. The summed E-state index contributed by atoms with van der Waals surface area (Å²) >= 11 is 0. The predicted octanol–water partition coefficient (Wildman–Crippen LogP) is -0.170. The normalized spacial score (nSPS) is 22.8. The zero-order chi connectivity index (χ0) is 16.3. The first kappa shape index (κ1) is 16.9. The van der Waals surface area contributed by atoms with E-state index >= 15 is 0 Å². The predicted molar refractivity (Wildman–Crippen MR) is 78.2 cm³/mol. The molecule has 0 spiro atoms. The summed E-state index contributed by atoms with van der Waals surface area (Å²) in [6.07, 6.45) is 0.172. The van der Waals surface area contributed by atoms with Gasteiger partial charge in [-0.25, -0.2) is 0 Å². The molecule has 2 N–H and O–H groups in total. The van der Waals surface area contributed by atoms with Crippen LogP contribution < -0.4 is 0 Å². The van der Waals surface area contributed by atoms with Crippen LogP contribution in [0.25, 0.3) is 0 Å². The van der Waals surface area contributed by atoms with Gasteiger partial charge >= 0.3 is 5.97 Å². The number of carbonyl (C=O) groups is 1. The minimum atomic E-state index is -0.898. The summed E-state index contributed by atoms with van der Waals surface area (Å²) < 4.78 is 5.20. The van der Waals surface area contributed by atoms with Crippen LogP contribution in [-0.2, 0) is 17.8 Å². The van der Waals surface area contributed by atoms with Crippen LogP contribution >= 0.6 is 0 Å². The second-order valence-electron chi connectivity index (χ2n) is 6.34. The number of aliphatic carboxylic acids is 1. The lowest BCUT2D eigenvalue weighted by Gasteiger charge is -2.24. The first-order chi connectivity index (χ1) is 10.3. The Hall–Kier alpha value is -1.51. The Labute approximate surface area is 129 Å². The second kappa shape index (κ2) is 7.17. The maximum atomic E-state index is 10.8. The molecule has 1 fully saturated rings. The molecule has 1 aromatic heterocycles. The van der Waals surface area contributed by atoms with Crippen molar-refractivity contribution in [1.29, 1.82) is 0 Å². The number of carboxylic acids is 1. The lowest BCUT2D eigenvalue weighted by Crippen LogP contribution is -2.43. The van der Waals surface area contributed by atoms with Crippen LogP contribution in [-0.4, -0.2) is 75.0 Å². The van der Waals surface area contributed by atoms with Crippen molar-refractivity contribution in [3.8, 4) is 0 Å². The summed E-state index contributed by atoms with van der Waals surface area (Å²) in [5, 5.41) is 22.9. The molecule has 0 aliphatic carbocycles. The van der Waals surface area contributed by atoms with Crippen molar-refractivity contribution in [3.63, 3.8) is 0 Å². The molecule has 0 amide bonds. The summed E-state index contributed by atoms with van der Waals surface area (Å²) in [5.41, 5.74) is 0. The van der Waals surface area contributed by atoms with Gasteiger partial charge in [0.25, 0.3) is 0 Å². The minimum Gasteiger partial charge on any atom is -0.480 e. The number of nitrogens with zero attached hydrogens (tertiary/aromatic N) is 4. The first-order valence-electron chi connectivity index (χ1n) is 7.49. The Morgan fingerprint density at radius 2 is 2.23 bits per heavy atom. The van der Waals surface area contributed by atoms with E-state index in [4.69, 9.17) is 9.63 Å². The molecule has 0 radical (unpaired) electrons. The molecule has 2 heterocycles. The number of likely N-dealkylation sites (tertiary alicyclic amines) is 1. The minimum absolute atomic E-state index is 0.0870. The van der Waals surface area contributed by atoms with Crippen LogP contribution in [0.4, 0.5) is 0 Å². The molecule has 8 nitrogen and oxygen atoms in total. The van der Waals surface area contributed by atoms with E-state index in [1.807, 2.05) is 4.90 Å². The van der Waals surface area contributed by atoms with Gasteiger partial charge < -0.3 is 14.7 Å². The monoisotopic (exact) mass is 312 g/mol. The number of likely N-dealkylation sites (N-methyl/N-ethyl adjacent to an activating group) is 1. The number of aromatic nitrogens is 2. The summed E-state index contributed by atoms with van der Waals surface area (Å²) in [5.74, 6) is 0.786. The van der Waals surface area contributed by atoms with E-state index in [0.717, 1.165) is 6.42 Å². The highest BCUT2D eigenvalue weighted by Gasteiger charge is 2.35. The van der Waals surface area contributed by atoms with Crippen LogP contribution in [0, 0.1) is 5.92 Å². The standard InChI is InChI=1S/C14H24N4O4/c1-9(2)4-13-15-12(16-22-13)7-18-5-10(11(19)6-18)17(3)8-14(20)21/h9-11,19H,4-8H2,1-3H3,(H,20,21)/t10-,11+/m0/s1. The number of rotatable bonds is 7. The molecule has 2 atom stereocenters. The first-order valence-corrected chi connectivity index (χ1v) is 7.49. The molecule has 8 heteroatoms. The SMILES string of the molecule is CC(C)Cc1nc(CN2C[C@@H](O)[C@@H](N(C)CC(=O)O)C2)no1. The van der Waals surface area contributed by atoms with Gasteiger partial charge in [-0.1, -0.05) is 19.0 Å². The smallest absolute Gasteiger partial charge is 0.317 e. The largest absolute Gasteiger partial charge is 0.480 e. The van der Waals surface area contributed by atoms with Gasteiger partial charge in [0.2, 0.25) is 5.89 Å². The molecule has 22 heavy (non-hydrogen) atoms. The third-order valence-electron chi connectivity index (χ3n) is 3.74. The highest BCUT2D eigenvalue weighted by molar-refractivity contribution is 5.69. The van der Waals surface area contributed by atoms with Crippen molar-refractivity contribution in [2.24, 2.45) is 5.92 Å². The van der Waals surface area contributed by atoms with Gasteiger partial charge in [-0.3, -0.25) is 14.6 Å². The van der Waals surface area contributed by atoms with E-state index in [9.17, 15) is 9.90 Å². The zero-order valence-electron chi connectivity index (χ0n) is 13.3. The van der Waals surface area contributed by atoms with Crippen molar-refractivity contribution < 1.29 is 19.5 Å². The quantitative estimate of drug-likeness (QED) is 0.715. The van der Waals surface area contributed by atoms with E-state index in [1.165, 1.54) is 0 Å². The Bertz CT molecular complexity index is 505. The van der Waals surface area contributed by atoms with Crippen LogP contribution in [0.1, 0.15) is 25.6 Å². The third-order valence-corrected chi connectivity index (χ3v) is 3.74. The van der Waals surface area contributed by atoms with Crippen LogP contribution in [0.5, 0.6) is 0 Å². The highest BCUT2D eigenvalue weighted by Crippen LogP contribution is 2.17. The van der Waals surface area contributed by atoms with Crippen LogP contribution in [0.2, 0.25) is 0 Å². The van der Waals surface area contributed by atoms with Crippen molar-refractivity contribution >= 4 is 5.97 Å². The average Bonchev–Trinajstić information content (AvgIpc) is 2.95. The summed E-state index contributed by atoms with van der Waals surface area (Å²) in [6, 6.07) is -0.196.